The summed E-state index contributed by atoms with van der Waals surface area (Å²) in [6, 6.07) is 0. The maximum absolute atomic E-state index is 10.1. The van der Waals surface area contributed by atoms with Gasteiger partial charge >= 0.3 is 0 Å². The quantitative estimate of drug-likeness (QED) is 0.530. The average molecular weight is 156 g/mol. The monoisotopic (exact) mass is 156 g/mol. The zero-order valence-corrected chi connectivity index (χ0v) is 6.45. The highest BCUT2D eigenvalue weighted by atomic mass is 16.5. The second-order valence-electron chi connectivity index (χ2n) is 3.32. The molecule has 0 radical (unpaired) electrons. The molecule has 11 heavy (non-hydrogen) atoms. The van der Waals surface area contributed by atoms with Crippen molar-refractivity contribution in [2.45, 2.75) is 24.9 Å². The Labute approximate surface area is 65.5 Å². The van der Waals surface area contributed by atoms with E-state index in [-0.39, 0.29) is 5.60 Å². The number of ether oxygens (including phenoxy) is 1. The van der Waals surface area contributed by atoms with Gasteiger partial charge < -0.3 is 4.74 Å². The van der Waals surface area contributed by atoms with Gasteiger partial charge in [0.15, 0.2) is 0 Å². The van der Waals surface area contributed by atoms with Gasteiger partial charge in [-0.05, 0) is 19.3 Å². The summed E-state index contributed by atoms with van der Waals surface area (Å²) in [5.41, 5.74) is 0.140. The summed E-state index contributed by atoms with van der Waals surface area (Å²) in [6.07, 6.45) is 3.11. The summed E-state index contributed by atoms with van der Waals surface area (Å²) < 4.78 is 5.48. The molecule has 2 aliphatic heterocycles. The van der Waals surface area contributed by atoms with Crippen molar-refractivity contribution in [1.29, 1.82) is 0 Å². The molecule has 0 saturated carbocycles. The standard InChI is InChI=1S/C7H12N2O2/c10-8-9-4-1-7(2-5-9)3-6-11-7/h1-6H2. The second kappa shape index (κ2) is 2.44. The van der Waals surface area contributed by atoms with Crippen LogP contribution in [0.3, 0.4) is 0 Å². The molecule has 4 heteroatoms. The van der Waals surface area contributed by atoms with Crippen LogP contribution in [0.25, 0.3) is 0 Å². The van der Waals surface area contributed by atoms with Crippen LogP contribution < -0.4 is 0 Å². The van der Waals surface area contributed by atoms with Gasteiger partial charge in [-0.1, -0.05) is 0 Å². The summed E-state index contributed by atoms with van der Waals surface area (Å²) in [5.74, 6) is 0. The Morgan fingerprint density at radius 2 is 1.91 bits per heavy atom. The topological polar surface area (TPSA) is 41.9 Å². The molecule has 4 nitrogen and oxygen atoms in total. The summed E-state index contributed by atoms with van der Waals surface area (Å²) in [4.78, 5) is 10.1. The Kier molecular flexibility index (Phi) is 1.56. The van der Waals surface area contributed by atoms with Gasteiger partial charge in [-0.15, -0.1) is 4.91 Å². The second-order valence-corrected chi connectivity index (χ2v) is 3.32. The van der Waals surface area contributed by atoms with Crippen molar-refractivity contribution in [3.63, 3.8) is 0 Å². The van der Waals surface area contributed by atoms with Crippen molar-refractivity contribution in [3.8, 4) is 0 Å². The van der Waals surface area contributed by atoms with E-state index in [1.54, 1.807) is 5.01 Å². The third-order valence-electron chi connectivity index (χ3n) is 2.73. The first kappa shape index (κ1) is 7.03. The summed E-state index contributed by atoms with van der Waals surface area (Å²) in [7, 11) is 0. The fourth-order valence-corrected chi connectivity index (χ4v) is 1.77. The Balaban J connectivity index is 1.88. The van der Waals surface area contributed by atoms with Crippen LogP contribution in [-0.2, 0) is 4.74 Å². The SMILES string of the molecule is O=NN1CCC2(CCO2)CC1. The van der Waals surface area contributed by atoms with Gasteiger partial charge in [-0.2, -0.15) is 0 Å². The van der Waals surface area contributed by atoms with Crippen molar-refractivity contribution < 1.29 is 4.74 Å². The van der Waals surface area contributed by atoms with Crippen LogP contribution >= 0.6 is 0 Å². The molecule has 0 amide bonds. The van der Waals surface area contributed by atoms with Crippen molar-refractivity contribution in [2.24, 2.45) is 5.29 Å². The minimum absolute atomic E-state index is 0.140. The molecule has 0 N–H and O–H groups in total. The molecule has 62 valence electrons. The Morgan fingerprint density at radius 3 is 2.27 bits per heavy atom. The van der Waals surface area contributed by atoms with Crippen LogP contribution in [0, 0.1) is 4.91 Å². The number of nitroso groups, excluding NO2 is 1. The Morgan fingerprint density at radius 1 is 1.27 bits per heavy atom. The van der Waals surface area contributed by atoms with Crippen LogP contribution in [0.1, 0.15) is 19.3 Å². The van der Waals surface area contributed by atoms with E-state index in [0.29, 0.717) is 0 Å². The highest BCUT2D eigenvalue weighted by Crippen LogP contribution is 2.36. The van der Waals surface area contributed by atoms with Gasteiger partial charge in [-0.3, -0.25) is 5.01 Å². The molecular weight excluding hydrogens is 144 g/mol. The van der Waals surface area contributed by atoms with Crippen molar-refractivity contribution in [2.75, 3.05) is 19.7 Å². The third-order valence-corrected chi connectivity index (χ3v) is 2.73. The fourth-order valence-electron chi connectivity index (χ4n) is 1.77. The van der Waals surface area contributed by atoms with Crippen molar-refractivity contribution in [3.05, 3.63) is 4.91 Å². The van der Waals surface area contributed by atoms with E-state index >= 15 is 0 Å². The lowest BCUT2D eigenvalue weighted by Crippen LogP contribution is -2.51. The van der Waals surface area contributed by atoms with Crippen molar-refractivity contribution in [1.82, 2.24) is 5.01 Å². The molecule has 0 aromatic rings. The molecule has 2 saturated heterocycles. The summed E-state index contributed by atoms with van der Waals surface area (Å²) >= 11 is 0. The van der Waals surface area contributed by atoms with Gasteiger partial charge in [0, 0.05) is 13.1 Å². The number of nitrogens with zero attached hydrogens (tertiary/aromatic N) is 2. The number of hydrogen-bond donors (Lipinski definition) is 0. The maximum Gasteiger partial charge on any atom is 0.0739 e. The van der Waals surface area contributed by atoms with E-state index in [1.165, 1.54) is 6.42 Å². The Bertz CT molecular complexity index is 158. The molecule has 2 heterocycles. The molecule has 0 bridgehead atoms. The number of hydrogen-bond acceptors (Lipinski definition) is 3. The lowest BCUT2D eigenvalue weighted by molar-refractivity contribution is -0.172. The first-order valence-electron chi connectivity index (χ1n) is 4.07. The van der Waals surface area contributed by atoms with Gasteiger partial charge in [-0.25, -0.2) is 0 Å². The molecule has 2 rings (SSSR count). The van der Waals surface area contributed by atoms with E-state index in [9.17, 15) is 4.91 Å². The largest absolute Gasteiger partial charge is 0.375 e. The van der Waals surface area contributed by atoms with E-state index in [4.69, 9.17) is 4.74 Å². The lowest BCUT2D eigenvalue weighted by Gasteiger charge is -2.46. The number of rotatable bonds is 1. The van der Waals surface area contributed by atoms with Gasteiger partial charge in [0.2, 0.25) is 0 Å². The van der Waals surface area contributed by atoms with Crippen LogP contribution in [0.15, 0.2) is 5.29 Å². The van der Waals surface area contributed by atoms with Crippen LogP contribution in [0.4, 0.5) is 0 Å². The first-order chi connectivity index (χ1) is 5.35. The van der Waals surface area contributed by atoms with E-state index in [2.05, 4.69) is 5.29 Å². The first-order valence-corrected chi connectivity index (χ1v) is 4.07. The average Bonchev–Trinajstić information content (AvgIpc) is 2.02. The van der Waals surface area contributed by atoms with Crippen LogP contribution in [0.5, 0.6) is 0 Å². The highest BCUT2D eigenvalue weighted by molar-refractivity contribution is 4.91. The minimum atomic E-state index is 0.140. The van der Waals surface area contributed by atoms with E-state index in [1.807, 2.05) is 0 Å². The molecule has 0 aromatic heterocycles. The summed E-state index contributed by atoms with van der Waals surface area (Å²) in [5, 5.41) is 4.48. The summed E-state index contributed by atoms with van der Waals surface area (Å²) in [6.45, 7) is 2.43. The normalized spacial score (nSPS) is 28.2. The Hall–Kier alpha value is -0.640. The highest BCUT2D eigenvalue weighted by Gasteiger charge is 2.41. The minimum Gasteiger partial charge on any atom is -0.375 e. The van der Waals surface area contributed by atoms with E-state index < -0.39 is 0 Å². The molecule has 0 aliphatic carbocycles. The molecule has 0 atom stereocenters. The zero-order chi connectivity index (χ0) is 7.73. The van der Waals surface area contributed by atoms with Gasteiger partial charge in [0.25, 0.3) is 0 Å². The van der Waals surface area contributed by atoms with Gasteiger partial charge in [0.05, 0.1) is 17.5 Å². The molecule has 2 aliphatic rings. The molecule has 1 spiro atoms. The van der Waals surface area contributed by atoms with Crippen molar-refractivity contribution >= 4 is 0 Å². The molecule has 0 aromatic carbocycles. The smallest absolute Gasteiger partial charge is 0.0739 e. The lowest BCUT2D eigenvalue weighted by atomic mass is 9.85. The van der Waals surface area contributed by atoms with Crippen LogP contribution in [0.2, 0.25) is 0 Å². The zero-order valence-electron chi connectivity index (χ0n) is 6.45. The van der Waals surface area contributed by atoms with Gasteiger partial charge in [0.1, 0.15) is 0 Å². The molecular formula is C7H12N2O2. The maximum atomic E-state index is 10.1. The van der Waals surface area contributed by atoms with E-state index in [0.717, 1.165) is 32.5 Å². The number of piperidine rings is 1. The molecule has 2 fully saturated rings. The fraction of sp³-hybridized carbons (Fsp3) is 1.00. The molecule has 0 unspecified atom stereocenters. The predicted octanol–water partition coefficient (Wildman–Crippen LogP) is 0.923. The van der Waals surface area contributed by atoms with Crippen LogP contribution in [-0.4, -0.2) is 30.3 Å². The predicted molar refractivity (Wildman–Crippen MR) is 39.9 cm³/mol. The third kappa shape index (κ3) is 1.11.